The average molecular weight is 447 g/mol. The quantitative estimate of drug-likeness (QED) is 0.0965. The largest absolute Gasteiger partial charge is 0.0999 e. The van der Waals surface area contributed by atoms with Gasteiger partial charge in [0.15, 0.2) is 0 Å². The molecule has 0 N–H and O–H groups in total. The van der Waals surface area contributed by atoms with Gasteiger partial charge >= 0.3 is 0 Å². The molecule has 0 radical (unpaired) electrons. The second-order valence-corrected chi connectivity index (χ2v) is 10.8. The Balaban J connectivity index is 3.80. The highest BCUT2D eigenvalue weighted by Crippen LogP contribution is 2.26. The van der Waals surface area contributed by atoms with Gasteiger partial charge in [0.25, 0.3) is 0 Å². The van der Waals surface area contributed by atoms with Gasteiger partial charge in [-0.3, -0.25) is 0 Å². The van der Waals surface area contributed by atoms with Crippen LogP contribution in [0.1, 0.15) is 169 Å². The van der Waals surface area contributed by atoms with Crippen molar-refractivity contribution in [1.29, 1.82) is 0 Å². The van der Waals surface area contributed by atoms with Gasteiger partial charge in [-0.1, -0.05) is 155 Å². The van der Waals surface area contributed by atoms with Gasteiger partial charge in [0.1, 0.15) is 0 Å². The van der Waals surface area contributed by atoms with Crippen molar-refractivity contribution in [1.82, 2.24) is 0 Å². The molecule has 0 aromatic carbocycles. The summed E-state index contributed by atoms with van der Waals surface area (Å²) in [5, 5.41) is 0. The lowest BCUT2D eigenvalue weighted by Gasteiger charge is -2.17. The zero-order chi connectivity index (χ0) is 23.9. The second kappa shape index (κ2) is 23.6. The van der Waals surface area contributed by atoms with Crippen LogP contribution >= 0.6 is 0 Å². The summed E-state index contributed by atoms with van der Waals surface area (Å²) in [7, 11) is 0. The van der Waals surface area contributed by atoms with Gasteiger partial charge in [-0.15, -0.1) is 0 Å². The number of allylic oxidation sites excluding steroid dienone is 2. The summed E-state index contributed by atoms with van der Waals surface area (Å²) < 4.78 is 0. The van der Waals surface area contributed by atoms with E-state index < -0.39 is 0 Å². The fourth-order valence-corrected chi connectivity index (χ4v) is 5.14. The molecule has 32 heavy (non-hydrogen) atoms. The molecule has 0 heteroatoms. The van der Waals surface area contributed by atoms with Gasteiger partial charge in [0, 0.05) is 0 Å². The van der Waals surface area contributed by atoms with Crippen LogP contribution in [0.2, 0.25) is 0 Å². The molecule has 0 aliphatic carbocycles. The molecule has 0 amide bonds. The Bertz CT molecular complexity index is 418. The van der Waals surface area contributed by atoms with E-state index in [9.17, 15) is 0 Å². The van der Waals surface area contributed by atoms with E-state index in [1.807, 2.05) is 0 Å². The Morgan fingerprint density at radius 1 is 0.469 bits per heavy atom. The monoisotopic (exact) mass is 446 g/mol. The van der Waals surface area contributed by atoms with Crippen LogP contribution in [0.3, 0.4) is 0 Å². The minimum Gasteiger partial charge on any atom is -0.0999 e. The van der Waals surface area contributed by atoms with Gasteiger partial charge in [0.2, 0.25) is 0 Å². The fourth-order valence-electron chi connectivity index (χ4n) is 5.14. The molecular weight excluding hydrogens is 384 g/mol. The summed E-state index contributed by atoms with van der Waals surface area (Å²) in [4.78, 5) is 0. The molecule has 0 aromatic rings. The molecule has 0 saturated heterocycles. The Hall–Kier alpha value is -0.520. The fraction of sp³-hybridized carbons (Fsp3) is 0.875. The molecule has 0 nitrogen and oxygen atoms in total. The molecule has 190 valence electrons. The van der Waals surface area contributed by atoms with E-state index in [1.165, 1.54) is 146 Å². The summed E-state index contributed by atoms with van der Waals surface area (Å²) in [5.41, 5.74) is 2.98. The maximum absolute atomic E-state index is 4.42. The number of unbranched alkanes of at least 4 members (excludes halogenated alkanes) is 9. The van der Waals surface area contributed by atoms with Gasteiger partial charge in [-0.05, 0) is 50.4 Å². The molecule has 0 aliphatic heterocycles. The molecule has 0 rings (SSSR count). The zero-order valence-electron chi connectivity index (χ0n) is 23.1. The third-order valence-corrected chi connectivity index (χ3v) is 7.50. The first-order chi connectivity index (χ1) is 15.6. The smallest absolute Gasteiger partial charge is 0.0295 e. The van der Waals surface area contributed by atoms with Crippen molar-refractivity contribution in [3.63, 3.8) is 0 Å². The van der Waals surface area contributed by atoms with Crippen molar-refractivity contribution in [3.05, 3.63) is 24.3 Å². The third-order valence-electron chi connectivity index (χ3n) is 7.50. The number of rotatable bonds is 25. The maximum atomic E-state index is 4.42. The van der Waals surface area contributed by atoms with E-state index >= 15 is 0 Å². The van der Waals surface area contributed by atoms with Crippen molar-refractivity contribution in [2.75, 3.05) is 0 Å². The van der Waals surface area contributed by atoms with Crippen LogP contribution in [-0.4, -0.2) is 0 Å². The summed E-state index contributed by atoms with van der Waals surface area (Å²) in [5.74, 6) is 1.85. The van der Waals surface area contributed by atoms with Crippen molar-refractivity contribution in [2.45, 2.75) is 169 Å². The van der Waals surface area contributed by atoms with Gasteiger partial charge in [-0.25, -0.2) is 0 Å². The third kappa shape index (κ3) is 20.1. The van der Waals surface area contributed by atoms with Gasteiger partial charge in [0.05, 0.1) is 0 Å². The molecule has 2 atom stereocenters. The van der Waals surface area contributed by atoms with Crippen LogP contribution in [0.4, 0.5) is 0 Å². The van der Waals surface area contributed by atoms with Crippen LogP contribution in [0.5, 0.6) is 0 Å². The first-order valence-corrected chi connectivity index (χ1v) is 14.9. The summed E-state index contributed by atoms with van der Waals surface area (Å²) in [6, 6.07) is 0. The van der Waals surface area contributed by atoms with Crippen molar-refractivity contribution >= 4 is 0 Å². The first-order valence-electron chi connectivity index (χ1n) is 14.9. The lowest BCUT2D eigenvalue weighted by Crippen LogP contribution is -2.02. The lowest BCUT2D eigenvalue weighted by molar-refractivity contribution is 0.386. The summed E-state index contributed by atoms with van der Waals surface area (Å²) in [6.45, 7) is 17.9. The highest BCUT2D eigenvalue weighted by atomic mass is 14.2. The zero-order valence-corrected chi connectivity index (χ0v) is 23.1. The minimum atomic E-state index is 0.892. The minimum absolute atomic E-state index is 0.892. The van der Waals surface area contributed by atoms with Crippen molar-refractivity contribution < 1.29 is 0 Å². The Morgan fingerprint density at radius 2 is 1.03 bits per heavy atom. The van der Waals surface area contributed by atoms with Crippen LogP contribution in [0.15, 0.2) is 24.3 Å². The molecule has 0 fully saturated rings. The normalized spacial score (nSPS) is 13.2. The van der Waals surface area contributed by atoms with E-state index in [1.54, 1.807) is 0 Å². The second-order valence-electron chi connectivity index (χ2n) is 10.8. The Morgan fingerprint density at radius 3 is 1.66 bits per heavy atom. The predicted molar refractivity (Wildman–Crippen MR) is 150 cm³/mol. The molecule has 0 heterocycles. The Labute approximate surface area is 205 Å². The summed E-state index contributed by atoms with van der Waals surface area (Å²) in [6.07, 6.45) is 30.3. The van der Waals surface area contributed by atoms with Crippen LogP contribution in [0, 0.1) is 11.8 Å². The molecule has 2 unspecified atom stereocenters. The lowest BCUT2D eigenvalue weighted by atomic mass is 9.89. The van der Waals surface area contributed by atoms with E-state index in [4.69, 9.17) is 0 Å². The maximum Gasteiger partial charge on any atom is -0.0295 e. The average Bonchev–Trinajstić information content (AvgIpc) is 2.79. The number of hydrogen-bond acceptors (Lipinski definition) is 0. The van der Waals surface area contributed by atoms with Crippen LogP contribution in [-0.2, 0) is 0 Å². The predicted octanol–water partition coefficient (Wildman–Crippen LogP) is 12.0. The van der Waals surface area contributed by atoms with E-state index in [2.05, 4.69) is 40.9 Å². The van der Waals surface area contributed by atoms with Crippen LogP contribution < -0.4 is 0 Å². The van der Waals surface area contributed by atoms with E-state index in [0.717, 1.165) is 18.3 Å². The Kier molecular flexibility index (Phi) is 23.2. The first kappa shape index (κ1) is 31.5. The molecule has 0 saturated carbocycles. The van der Waals surface area contributed by atoms with Gasteiger partial charge in [-0.2, -0.15) is 0 Å². The molecular formula is C32H62. The molecule has 0 aromatic heterocycles. The van der Waals surface area contributed by atoms with Crippen molar-refractivity contribution in [3.8, 4) is 0 Å². The SMILES string of the molecule is C=C(CCCCCCCCC(CCC)CC(=C)CC)CCC(CCCC)CCCCCC. The molecule has 0 aliphatic rings. The molecule has 0 spiro atoms. The van der Waals surface area contributed by atoms with E-state index in [0.29, 0.717) is 0 Å². The highest BCUT2D eigenvalue weighted by Gasteiger charge is 2.10. The van der Waals surface area contributed by atoms with Crippen molar-refractivity contribution in [2.24, 2.45) is 11.8 Å². The van der Waals surface area contributed by atoms with Crippen LogP contribution in [0.25, 0.3) is 0 Å². The number of hydrogen-bond donors (Lipinski definition) is 0. The summed E-state index contributed by atoms with van der Waals surface area (Å²) >= 11 is 0. The van der Waals surface area contributed by atoms with E-state index in [-0.39, 0.29) is 0 Å². The highest BCUT2D eigenvalue weighted by molar-refractivity contribution is 4.95. The standard InChI is InChI=1S/C32H62/c1-7-11-13-19-24-31(23-12-8-2)27-26-30(6)22-18-16-14-15-17-20-25-32(21-9-3)28-29(5)10-4/h31-32H,5-28H2,1-4H3. The molecule has 0 bridgehead atoms. The van der Waals surface area contributed by atoms with Gasteiger partial charge < -0.3 is 0 Å². The topological polar surface area (TPSA) is 0 Å².